The first kappa shape index (κ1) is 14.4. The number of Topliss-reactive ketones (excluding diaryl/α,β-unsaturated/α-hetero) is 1. The molecule has 2 aromatic rings. The molecular formula is C18H18O4. The van der Waals surface area contributed by atoms with Crippen molar-refractivity contribution >= 4 is 5.78 Å². The van der Waals surface area contributed by atoms with E-state index in [1.165, 1.54) is 0 Å². The van der Waals surface area contributed by atoms with Crippen LogP contribution in [0.4, 0.5) is 0 Å². The number of ether oxygens (including phenoxy) is 3. The van der Waals surface area contributed by atoms with Gasteiger partial charge < -0.3 is 14.2 Å². The van der Waals surface area contributed by atoms with Crippen molar-refractivity contribution in [1.29, 1.82) is 0 Å². The lowest BCUT2D eigenvalue weighted by atomic mass is 9.87. The van der Waals surface area contributed by atoms with E-state index in [0.29, 0.717) is 29.4 Å². The Hall–Kier alpha value is -2.49. The molecule has 0 aliphatic carbocycles. The molecule has 114 valence electrons. The molecule has 1 aliphatic heterocycles. The molecule has 3 rings (SSSR count). The molecule has 1 aliphatic rings. The lowest BCUT2D eigenvalue weighted by molar-refractivity contribution is 0.0890. The van der Waals surface area contributed by atoms with Gasteiger partial charge in [-0.15, -0.1) is 0 Å². The average molecular weight is 298 g/mol. The van der Waals surface area contributed by atoms with Crippen molar-refractivity contribution in [3.63, 3.8) is 0 Å². The Morgan fingerprint density at radius 2 is 1.77 bits per heavy atom. The second kappa shape index (κ2) is 5.72. The van der Waals surface area contributed by atoms with Crippen LogP contribution in [0.25, 0.3) is 0 Å². The number of methoxy groups -OCH3 is 2. The summed E-state index contributed by atoms with van der Waals surface area (Å²) in [5, 5.41) is 0. The lowest BCUT2D eigenvalue weighted by Crippen LogP contribution is -2.27. The van der Waals surface area contributed by atoms with E-state index in [1.54, 1.807) is 20.3 Å². The molecule has 0 aromatic heterocycles. The summed E-state index contributed by atoms with van der Waals surface area (Å²) in [6.07, 6.45) is 0. The van der Waals surface area contributed by atoms with Gasteiger partial charge in [-0.2, -0.15) is 0 Å². The van der Waals surface area contributed by atoms with Crippen molar-refractivity contribution in [3.05, 3.63) is 53.1 Å². The van der Waals surface area contributed by atoms with E-state index < -0.39 is 0 Å². The Labute approximate surface area is 129 Å². The molecule has 1 unspecified atom stereocenters. The first-order valence-corrected chi connectivity index (χ1v) is 7.15. The second-order valence-corrected chi connectivity index (χ2v) is 5.25. The number of benzene rings is 2. The Morgan fingerprint density at radius 1 is 1.09 bits per heavy atom. The summed E-state index contributed by atoms with van der Waals surface area (Å²) in [6.45, 7) is 2.21. The fraction of sp³-hybridized carbons (Fsp3) is 0.278. The predicted octanol–water partition coefficient (Wildman–Crippen LogP) is 3.37. The molecule has 0 fully saturated rings. The Kier molecular flexibility index (Phi) is 3.75. The first-order chi connectivity index (χ1) is 10.7. The molecule has 1 heterocycles. The smallest absolute Gasteiger partial charge is 0.181 e. The summed E-state index contributed by atoms with van der Waals surface area (Å²) in [4.78, 5) is 12.9. The highest BCUT2D eigenvalue weighted by atomic mass is 16.5. The zero-order chi connectivity index (χ0) is 15.7. The summed E-state index contributed by atoms with van der Waals surface area (Å²) >= 11 is 0. The molecule has 0 bridgehead atoms. The zero-order valence-electron chi connectivity index (χ0n) is 12.9. The lowest BCUT2D eigenvalue weighted by Gasteiger charge is -2.27. The number of carbonyl (C=O) groups excluding carboxylic acids is 1. The van der Waals surface area contributed by atoms with Gasteiger partial charge in [-0.3, -0.25) is 4.79 Å². The van der Waals surface area contributed by atoms with Crippen molar-refractivity contribution in [2.24, 2.45) is 0 Å². The number of hydrogen-bond acceptors (Lipinski definition) is 4. The monoisotopic (exact) mass is 298 g/mol. The highest BCUT2D eigenvalue weighted by Gasteiger charge is 2.35. The highest BCUT2D eigenvalue weighted by Crippen LogP contribution is 2.44. The van der Waals surface area contributed by atoms with Gasteiger partial charge in [0.05, 0.1) is 20.1 Å². The molecule has 22 heavy (non-hydrogen) atoms. The normalized spacial score (nSPS) is 16.7. The fourth-order valence-corrected chi connectivity index (χ4v) is 2.85. The van der Waals surface area contributed by atoms with E-state index in [-0.39, 0.29) is 11.7 Å². The predicted molar refractivity (Wildman–Crippen MR) is 83.3 cm³/mol. The minimum atomic E-state index is -0.310. The SMILES string of the molecule is COc1cc(OC)c2c(c1C)OCC(c1ccccc1)C2=O. The van der Waals surface area contributed by atoms with Crippen LogP contribution in [-0.2, 0) is 0 Å². The third-order valence-corrected chi connectivity index (χ3v) is 4.04. The maximum Gasteiger partial charge on any atom is 0.181 e. The Bertz CT molecular complexity index is 707. The van der Waals surface area contributed by atoms with Crippen molar-refractivity contribution in [2.45, 2.75) is 12.8 Å². The van der Waals surface area contributed by atoms with Gasteiger partial charge in [0.1, 0.15) is 29.4 Å². The van der Waals surface area contributed by atoms with Gasteiger partial charge >= 0.3 is 0 Å². The van der Waals surface area contributed by atoms with Crippen LogP contribution in [0, 0.1) is 6.92 Å². The third kappa shape index (κ3) is 2.21. The summed E-state index contributed by atoms with van der Waals surface area (Å²) in [6, 6.07) is 11.4. The maximum absolute atomic E-state index is 12.9. The van der Waals surface area contributed by atoms with E-state index in [2.05, 4.69) is 0 Å². The molecule has 0 saturated carbocycles. The number of fused-ring (bicyclic) bond motifs is 1. The van der Waals surface area contributed by atoms with Crippen LogP contribution >= 0.6 is 0 Å². The summed E-state index contributed by atoms with van der Waals surface area (Å²) in [5.41, 5.74) is 2.27. The van der Waals surface area contributed by atoms with Gasteiger partial charge in [0.2, 0.25) is 0 Å². The standard InChI is InChI=1S/C18H18O4/c1-11-14(20-2)9-15(21-3)16-17(19)13(10-22-18(11)16)12-7-5-4-6-8-12/h4-9,13H,10H2,1-3H3. The van der Waals surface area contributed by atoms with E-state index in [0.717, 1.165) is 11.1 Å². The summed E-state index contributed by atoms with van der Waals surface area (Å²) < 4.78 is 16.6. The molecule has 0 spiro atoms. The molecule has 0 N–H and O–H groups in total. The summed E-state index contributed by atoms with van der Waals surface area (Å²) in [5.74, 6) is 1.42. The number of rotatable bonds is 3. The Morgan fingerprint density at radius 3 is 2.41 bits per heavy atom. The minimum absolute atomic E-state index is 0.0232. The molecule has 0 saturated heterocycles. The van der Waals surface area contributed by atoms with Crippen molar-refractivity contribution in [2.75, 3.05) is 20.8 Å². The third-order valence-electron chi connectivity index (χ3n) is 4.04. The van der Waals surface area contributed by atoms with Gasteiger partial charge in [0.25, 0.3) is 0 Å². The maximum atomic E-state index is 12.9. The van der Waals surface area contributed by atoms with Gasteiger partial charge in [0, 0.05) is 11.6 Å². The number of hydrogen-bond donors (Lipinski definition) is 0. The first-order valence-electron chi connectivity index (χ1n) is 7.15. The molecule has 4 heteroatoms. The topological polar surface area (TPSA) is 44.8 Å². The largest absolute Gasteiger partial charge is 0.496 e. The van der Waals surface area contributed by atoms with E-state index in [4.69, 9.17) is 14.2 Å². The zero-order valence-corrected chi connectivity index (χ0v) is 12.9. The molecule has 2 aromatic carbocycles. The van der Waals surface area contributed by atoms with Gasteiger partial charge in [-0.05, 0) is 12.5 Å². The number of carbonyl (C=O) groups is 1. The summed E-state index contributed by atoms with van der Waals surface area (Å²) in [7, 11) is 3.13. The van der Waals surface area contributed by atoms with Gasteiger partial charge in [-0.1, -0.05) is 30.3 Å². The molecular weight excluding hydrogens is 280 g/mol. The molecule has 1 atom stereocenters. The molecule has 0 radical (unpaired) electrons. The van der Waals surface area contributed by atoms with Crippen LogP contribution < -0.4 is 14.2 Å². The average Bonchev–Trinajstić information content (AvgIpc) is 2.56. The van der Waals surface area contributed by atoms with Gasteiger partial charge in [-0.25, -0.2) is 0 Å². The molecule has 0 amide bonds. The Balaban J connectivity index is 2.11. The van der Waals surface area contributed by atoms with Crippen LogP contribution in [-0.4, -0.2) is 26.6 Å². The van der Waals surface area contributed by atoms with Crippen LogP contribution in [0.5, 0.6) is 17.2 Å². The van der Waals surface area contributed by atoms with Crippen LogP contribution in [0.1, 0.15) is 27.4 Å². The second-order valence-electron chi connectivity index (χ2n) is 5.25. The quantitative estimate of drug-likeness (QED) is 0.871. The fourth-order valence-electron chi connectivity index (χ4n) is 2.85. The van der Waals surface area contributed by atoms with Crippen molar-refractivity contribution < 1.29 is 19.0 Å². The van der Waals surface area contributed by atoms with Crippen molar-refractivity contribution in [3.8, 4) is 17.2 Å². The van der Waals surface area contributed by atoms with Crippen LogP contribution in [0.15, 0.2) is 36.4 Å². The highest BCUT2D eigenvalue weighted by molar-refractivity contribution is 6.07. The van der Waals surface area contributed by atoms with Crippen LogP contribution in [0.2, 0.25) is 0 Å². The number of ketones is 1. The van der Waals surface area contributed by atoms with Crippen molar-refractivity contribution in [1.82, 2.24) is 0 Å². The van der Waals surface area contributed by atoms with E-state index >= 15 is 0 Å². The van der Waals surface area contributed by atoms with Gasteiger partial charge in [0.15, 0.2) is 5.78 Å². The van der Waals surface area contributed by atoms with Crippen LogP contribution in [0.3, 0.4) is 0 Å². The minimum Gasteiger partial charge on any atom is -0.496 e. The van der Waals surface area contributed by atoms with E-state index in [1.807, 2.05) is 37.3 Å². The van der Waals surface area contributed by atoms with E-state index in [9.17, 15) is 4.79 Å². The molecule has 4 nitrogen and oxygen atoms in total.